The molecule has 1 aromatic heterocycles. The van der Waals surface area contributed by atoms with E-state index in [1.165, 1.54) is 0 Å². The minimum Gasteiger partial charge on any atom is -0.486 e. The van der Waals surface area contributed by atoms with Crippen molar-refractivity contribution in [3.05, 3.63) is 35.0 Å². The zero-order chi connectivity index (χ0) is 16.8. The average molecular weight is 340 g/mol. The quantitative estimate of drug-likeness (QED) is 0.817. The second-order valence-electron chi connectivity index (χ2n) is 6.24. The molecule has 8 nitrogen and oxygen atoms in total. The molecule has 1 aliphatic carbocycles. The van der Waals surface area contributed by atoms with E-state index in [4.69, 9.17) is 14.1 Å². The van der Waals surface area contributed by atoms with Crippen LogP contribution in [0.25, 0.3) is 0 Å². The molecule has 0 unspecified atom stereocenters. The fraction of sp³-hybridized carbons (Fsp3) is 0.353. The van der Waals surface area contributed by atoms with Gasteiger partial charge in [-0.25, -0.2) is 4.63 Å². The largest absolute Gasteiger partial charge is 0.486 e. The van der Waals surface area contributed by atoms with Crippen LogP contribution in [0, 0.1) is 0 Å². The van der Waals surface area contributed by atoms with Gasteiger partial charge in [-0.05, 0) is 40.9 Å². The lowest BCUT2D eigenvalue weighted by Gasteiger charge is -2.26. The molecule has 0 saturated carbocycles. The summed E-state index contributed by atoms with van der Waals surface area (Å²) < 4.78 is 16.1. The molecule has 8 heteroatoms. The van der Waals surface area contributed by atoms with Gasteiger partial charge in [0.05, 0.1) is 6.04 Å². The van der Waals surface area contributed by atoms with Crippen LogP contribution in [-0.2, 0) is 4.79 Å². The van der Waals surface area contributed by atoms with Crippen LogP contribution in [0.3, 0.4) is 0 Å². The number of rotatable bonds is 1. The second kappa shape index (κ2) is 5.51. The Kier molecular flexibility index (Phi) is 3.16. The van der Waals surface area contributed by atoms with Gasteiger partial charge in [0.2, 0.25) is 11.6 Å². The molecule has 2 N–H and O–H groups in total. The monoisotopic (exact) mass is 340 g/mol. The fourth-order valence-electron chi connectivity index (χ4n) is 3.53. The van der Waals surface area contributed by atoms with E-state index < -0.39 is 0 Å². The topological polar surface area (TPSA) is 98.5 Å². The highest BCUT2D eigenvalue weighted by atomic mass is 16.6. The number of anilines is 2. The van der Waals surface area contributed by atoms with Crippen molar-refractivity contribution in [3.8, 4) is 11.5 Å². The smallest absolute Gasteiger partial charge is 0.219 e. The number of ether oxygens (including phenoxy) is 2. The normalized spacial score (nSPS) is 21.6. The molecule has 3 heterocycles. The molecule has 0 radical (unpaired) electrons. The van der Waals surface area contributed by atoms with Crippen molar-refractivity contribution in [1.82, 2.24) is 10.3 Å². The van der Waals surface area contributed by atoms with Gasteiger partial charge in [0.1, 0.15) is 13.2 Å². The van der Waals surface area contributed by atoms with E-state index in [1.807, 2.05) is 18.2 Å². The standard InChI is InChI=1S/C17H16N4O4/c22-11-3-1-2-10-14(11)15(19-17-16(18-10)20-25-21-17)9-4-5-12-13(8-9)24-7-6-23-12/h4-5,8,15H,1-3,6-7H2,(H,18,20)(H,19,21)/t15-/m1/s1. The summed E-state index contributed by atoms with van der Waals surface area (Å²) in [7, 11) is 0. The van der Waals surface area contributed by atoms with Crippen LogP contribution in [0.4, 0.5) is 11.6 Å². The molecule has 2 aromatic rings. The summed E-state index contributed by atoms with van der Waals surface area (Å²) in [5.41, 5.74) is 2.51. The lowest BCUT2D eigenvalue weighted by Crippen LogP contribution is -2.24. The number of hydrogen-bond donors (Lipinski definition) is 2. The number of Topliss-reactive ketones (excluding diaryl/α,β-unsaturated/α-hetero) is 1. The number of aromatic nitrogens is 2. The molecule has 2 aliphatic heterocycles. The summed E-state index contributed by atoms with van der Waals surface area (Å²) >= 11 is 0. The van der Waals surface area contributed by atoms with Gasteiger partial charge in [0.15, 0.2) is 17.3 Å². The third kappa shape index (κ3) is 2.33. The van der Waals surface area contributed by atoms with Crippen molar-refractivity contribution in [3.63, 3.8) is 0 Å². The first-order chi connectivity index (χ1) is 12.3. The Morgan fingerprint density at radius 2 is 1.88 bits per heavy atom. The van der Waals surface area contributed by atoms with E-state index in [1.54, 1.807) is 0 Å². The Labute approximate surface area is 143 Å². The van der Waals surface area contributed by atoms with E-state index in [2.05, 4.69) is 20.9 Å². The van der Waals surface area contributed by atoms with Gasteiger partial charge in [-0.15, -0.1) is 0 Å². The first kappa shape index (κ1) is 14.3. The minimum absolute atomic E-state index is 0.128. The number of benzene rings is 1. The Hall–Kier alpha value is -3.03. The number of nitrogens with one attached hydrogen (secondary N) is 2. The third-order valence-electron chi connectivity index (χ3n) is 4.68. The molecule has 1 atom stereocenters. The summed E-state index contributed by atoms with van der Waals surface area (Å²) in [6.07, 6.45) is 2.15. The highest BCUT2D eigenvalue weighted by molar-refractivity contribution is 6.00. The van der Waals surface area contributed by atoms with Gasteiger partial charge in [-0.1, -0.05) is 6.07 Å². The van der Waals surface area contributed by atoms with Crippen LogP contribution in [0.15, 0.2) is 34.1 Å². The van der Waals surface area contributed by atoms with Crippen molar-refractivity contribution >= 4 is 17.4 Å². The maximum Gasteiger partial charge on any atom is 0.219 e. The van der Waals surface area contributed by atoms with Crippen LogP contribution in [0.2, 0.25) is 0 Å². The van der Waals surface area contributed by atoms with Crippen molar-refractivity contribution in [2.24, 2.45) is 0 Å². The minimum atomic E-state index is -0.348. The molecule has 3 aliphatic rings. The summed E-state index contributed by atoms with van der Waals surface area (Å²) in [6, 6.07) is 5.38. The fourth-order valence-corrected chi connectivity index (χ4v) is 3.53. The molecular weight excluding hydrogens is 324 g/mol. The van der Waals surface area contributed by atoms with E-state index in [0.29, 0.717) is 37.0 Å². The summed E-state index contributed by atoms with van der Waals surface area (Å²) in [4.78, 5) is 12.7. The van der Waals surface area contributed by atoms with Gasteiger partial charge in [0.25, 0.3) is 0 Å². The van der Waals surface area contributed by atoms with Crippen LogP contribution >= 0.6 is 0 Å². The molecule has 0 saturated heterocycles. The number of fused-ring (bicyclic) bond motifs is 2. The number of allylic oxidation sites excluding steroid dienone is 1. The molecule has 0 amide bonds. The summed E-state index contributed by atoms with van der Waals surface area (Å²) in [6.45, 7) is 1.06. The maximum atomic E-state index is 12.7. The predicted octanol–water partition coefficient (Wildman–Crippen LogP) is 2.43. The van der Waals surface area contributed by atoms with E-state index in [-0.39, 0.29) is 11.8 Å². The molecule has 5 rings (SSSR count). The number of hydrogen-bond acceptors (Lipinski definition) is 8. The SMILES string of the molecule is O=C1CCCC2=C1[C@@H](c1ccc3c(c1)OCCO3)Nc1nonc1N2. The number of carbonyl (C=O) groups is 1. The molecule has 0 spiro atoms. The molecule has 128 valence electrons. The van der Waals surface area contributed by atoms with E-state index in [0.717, 1.165) is 35.4 Å². The number of nitrogens with zero attached hydrogens (tertiary/aromatic N) is 2. The van der Waals surface area contributed by atoms with E-state index >= 15 is 0 Å². The van der Waals surface area contributed by atoms with Gasteiger partial charge in [-0.3, -0.25) is 4.79 Å². The van der Waals surface area contributed by atoms with Crippen molar-refractivity contribution in [2.75, 3.05) is 23.8 Å². The van der Waals surface area contributed by atoms with Crippen LogP contribution in [0.5, 0.6) is 11.5 Å². The Morgan fingerprint density at radius 3 is 2.80 bits per heavy atom. The molecule has 0 fully saturated rings. The highest BCUT2D eigenvalue weighted by Crippen LogP contribution is 2.41. The number of ketones is 1. The Morgan fingerprint density at radius 1 is 1.04 bits per heavy atom. The van der Waals surface area contributed by atoms with Crippen molar-refractivity contribution in [1.29, 1.82) is 0 Å². The molecule has 0 bridgehead atoms. The lowest BCUT2D eigenvalue weighted by molar-refractivity contribution is -0.116. The zero-order valence-electron chi connectivity index (χ0n) is 13.4. The van der Waals surface area contributed by atoms with Crippen molar-refractivity contribution in [2.45, 2.75) is 25.3 Å². The van der Waals surface area contributed by atoms with Crippen LogP contribution in [0.1, 0.15) is 30.9 Å². The highest BCUT2D eigenvalue weighted by Gasteiger charge is 2.34. The second-order valence-corrected chi connectivity index (χ2v) is 6.24. The lowest BCUT2D eigenvalue weighted by atomic mass is 9.86. The predicted molar refractivity (Wildman–Crippen MR) is 87.6 cm³/mol. The third-order valence-corrected chi connectivity index (χ3v) is 4.68. The van der Waals surface area contributed by atoms with Gasteiger partial charge >= 0.3 is 0 Å². The van der Waals surface area contributed by atoms with Gasteiger partial charge in [-0.2, -0.15) is 0 Å². The zero-order valence-corrected chi connectivity index (χ0v) is 13.4. The van der Waals surface area contributed by atoms with Crippen LogP contribution < -0.4 is 20.1 Å². The molecule has 25 heavy (non-hydrogen) atoms. The molecule has 1 aromatic carbocycles. The first-order valence-corrected chi connectivity index (χ1v) is 8.31. The average Bonchev–Trinajstić information content (AvgIpc) is 3.00. The van der Waals surface area contributed by atoms with Crippen LogP contribution in [-0.4, -0.2) is 29.3 Å². The first-order valence-electron chi connectivity index (χ1n) is 8.31. The Balaban J connectivity index is 1.63. The Bertz CT molecular complexity index is 889. The van der Waals surface area contributed by atoms with Gasteiger partial charge < -0.3 is 20.1 Å². The van der Waals surface area contributed by atoms with Crippen molar-refractivity contribution < 1.29 is 18.9 Å². The summed E-state index contributed by atoms with van der Waals surface area (Å²) in [5, 5.41) is 14.3. The number of carbonyl (C=O) groups excluding carboxylic acids is 1. The maximum absolute atomic E-state index is 12.7. The molecular formula is C17H16N4O4. The summed E-state index contributed by atoms with van der Waals surface area (Å²) in [5.74, 6) is 2.52. The van der Waals surface area contributed by atoms with Gasteiger partial charge in [0, 0.05) is 17.7 Å². The van der Waals surface area contributed by atoms with E-state index in [9.17, 15) is 4.79 Å².